The fourth-order valence-electron chi connectivity index (χ4n) is 4.16. The minimum atomic E-state index is -0.0274. The van der Waals surface area contributed by atoms with Crippen LogP contribution in [0.5, 0.6) is 0 Å². The van der Waals surface area contributed by atoms with E-state index in [1.807, 2.05) is 36.4 Å². The van der Waals surface area contributed by atoms with Crippen LogP contribution >= 0.6 is 0 Å². The highest BCUT2D eigenvalue weighted by Crippen LogP contribution is 2.36. The molecule has 2 amide bonds. The van der Waals surface area contributed by atoms with E-state index in [-0.39, 0.29) is 11.8 Å². The van der Waals surface area contributed by atoms with Crippen LogP contribution in [0.15, 0.2) is 48.5 Å². The standard InChI is InChI=1S/C22H24N2O2/c1-23-19-11-4-5-12-20(19)24(14-13-21(23)25)22(26)18-10-6-9-17(15-18)16-7-2-3-8-16/h4-6,9-12,15-16H,2-3,7-8,13-14H2,1H3. The topological polar surface area (TPSA) is 40.6 Å². The molecule has 1 fully saturated rings. The molecule has 26 heavy (non-hydrogen) atoms. The van der Waals surface area contributed by atoms with Gasteiger partial charge in [0, 0.05) is 25.6 Å². The molecular formula is C22H24N2O2. The number of hydrogen-bond donors (Lipinski definition) is 0. The second-order valence-corrected chi connectivity index (χ2v) is 7.26. The number of para-hydroxylation sites is 2. The van der Waals surface area contributed by atoms with Gasteiger partial charge in [-0.15, -0.1) is 0 Å². The lowest BCUT2D eigenvalue weighted by Gasteiger charge is -2.24. The van der Waals surface area contributed by atoms with Crippen molar-refractivity contribution >= 4 is 23.2 Å². The van der Waals surface area contributed by atoms with Gasteiger partial charge in [0.1, 0.15) is 0 Å². The fourth-order valence-corrected chi connectivity index (χ4v) is 4.16. The molecule has 4 nitrogen and oxygen atoms in total. The molecule has 0 radical (unpaired) electrons. The van der Waals surface area contributed by atoms with Crippen molar-refractivity contribution in [2.45, 2.75) is 38.0 Å². The maximum atomic E-state index is 13.3. The second kappa shape index (κ2) is 6.94. The van der Waals surface area contributed by atoms with Gasteiger partial charge in [-0.1, -0.05) is 37.1 Å². The molecule has 0 N–H and O–H groups in total. The molecule has 0 bridgehead atoms. The van der Waals surface area contributed by atoms with E-state index in [0.29, 0.717) is 24.4 Å². The summed E-state index contributed by atoms with van der Waals surface area (Å²) in [4.78, 5) is 29.0. The van der Waals surface area contributed by atoms with Crippen molar-refractivity contribution in [2.75, 3.05) is 23.4 Å². The summed E-state index contributed by atoms with van der Waals surface area (Å²) in [7, 11) is 1.77. The van der Waals surface area contributed by atoms with Crippen LogP contribution in [0.3, 0.4) is 0 Å². The lowest BCUT2D eigenvalue weighted by Crippen LogP contribution is -2.32. The lowest BCUT2D eigenvalue weighted by molar-refractivity contribution is -0.118. The van der Waals surface area contributed by atoms with Crippen molar-refractivity contribution in [3.05, 3.63) is 59.7 Å². The summed E-state index contributed by atoms with van der Waals surface area (Å²) >= 11 is 0. The highest BCUT2D eigenvalue weighted by atomic mass is 16.2. The van der Waals surface area contributed by atoms with E-state index in [0.717, 1.165) is 11.4 Å². The zero-order valence-corrected chi connectivity index (χ0v) is 15.1. The summed E-state index contributed by atoms with van der Waals surface area (Å²) in [6, 6.07) is 15.7. The smallest absolute Gasteiger partial charge is 0.258 e. The van der Waals surface area contributed by atoms with E-state index in [1.165, 1.54) is 31.2 Å². The summed E-state index contributed by atoms with van der Waals surface area (Å²) in [5.41, 5.74) is 3.57. The highest BCUT2D eigenvalue weighted by molar-refractivity contribution is 6.11. The Morgan fingerprint density at radius 3 is 2.50 bits per heavy atom. The summed E-state index contributed by atoms with van der Waals surface area (Å²) in [5.74, 6) is 0.583. The van der Waals surface area contributed by atoms with Gasteiger partial charge in [0.25, 0.3) is 5.91 Å². The molecule has 0 unspecified atom stereocenters. The first-order chi connectivity index (χ1) is 12.6. The van der Waals surface area contributed by atoms with Crippen molar-refractivity contribution in [1.82, 2.24) is 0 Å². The van der Waals surface area contributed by atoms with Crippen molar-refractivity contribution in [3.8, 4) is 0 Å². The Bertz CT molecular complexity index is 840. The average Bonchev–Trinajstić information content (AvgIpc) is 3.19. The molecule has 4 heteroatoms. The van der Waals surface area contributed by atoms with E-state index < -0.39 is 0 Å². The quantitative estimate of drug-likeness (QED) is 0.809. The number of amides is 2. The van der Waals surface area contributed by atoms with E-state index in [9.17, 15) is 9.59 Å². The Hall–Kier alpha value is -2.62. The van der Waals surface area contributed by atoms with Crippen molar-refractivity contribution in [2.24, 2.45) is 0 Å². The van der Waals surface area contributed by atoms with Crippen molar-refractivity contribution in [3.63, 3.8) is 0 Å². The van der Waals surface area contributed by atoms with Gasteiger partial charge in [0.2, 0.25) is 5.91 Å². The van der Waals surface area contributed by atoms with E-state index in [2.05, 4.69) is 12.1 Å². The number of benzene rings is 2. The van der Waals surface area contributed by atoms with Crippen LogP contribution in [0.4, 0.5) is 11.4 Å². The number of nitrogens with zero attached hydrogens (tertiary/aromatic N) is 2. The summed E-state index contributed by atoms with van der Waals surface area (Å²) in [6.07, 6.45) is 5.31. The lowest BCUT2D eigenvalue weighted by atomic mass is 9.95. The van der Waals surface area contributed by atoms with Crippen molar-refractivity contribution < 1.29 is 9.59 Å². The maximum absolute atomic E-state index is 13.3. The summed E-state index contributed by atoms with van der Waals surface area (Å²) < 4.78 is 0. The van der Waals surface area contributed by atoms with Crippen LogP contribution in [-0.2, 0) is 4.79 Å². The fraction of sp³-hybridized carbons (Fsp3) is 0.364. The van der Waals surface area contributed by atoms with Crippen LogP contribution < -0.4 is 9.80 Å². The second-order valence-electron chi connectivity index (χ2n) is 7.26. The molecule has 134 valence electrons. The van der Waals surface area contributed by atoms with Crippen LogP contribution in [0.1, 0.15) is 53.9 Å². The Morgan fingerprint density at radius 2 is 1.73 bits per heavy atom. The Morgan fingerprint density at radius 1 is 1.00 bits per heavy atom. The Balaban J connectivity index is 1.69. The van der Waals surface area contributed by atoms with E-state index in [4.69, 9.17) is 0 Å². The third kappa shape index (κ3) is 3.00. The van der Waals surface area contributed by atoms with Crippen LogP contribution in [-0.4, -0.2) is 25.4 Å². The minimum absolute atomic E-state index is 0.0274. The van der Waals surface area contributed by atoms with Gasteiger partial charge in [-0.2, -0.15) is 0 Å². The summed E-state index contributed by atoms with van der Waals surface area (Å²) in [6.45, 7) is 0.409. The van der Waals surface area contributed by atoms with E-state index in [1.54, 1.807) is 16.8 Å². The largest absolute Gasteiger partial charge is 0.313 e. The first-order valence-corrected chi connectivity index (χ1v) is 9.42. The van der Waals surface area contributed by atoms with Gasteiger partial charge >= 0.3 is 0 Å². The number of fused-ring (bicyclic) bond motifs is 1. The van der Waals surface area contributed by atoms with Gasteiger partial charge in [-0.05, 0) is 48.6 Å². The molecule has 2 aromatic carbocycles. The van der Waals surface area contributed by atoms with Gasteiger partial charge in [0.15, 0.2) is 0 Å². The summed E-state index contributed by atoms with van der Waals surface area (Å²) in [5, 5.41) is 0. The molecule has 1 aliphatic heterocycles. The van der Waals surface area contributed by atoms with Gasteiger partial charge in [-0.3, -0.25) is 9.59 Å². The molecular weight excluding hydrogens is 324 g/mol. The zero-order valence-electron chi connectivity index (χ0n) is 15.1. The highest BCUT2D eigenvalue weighted by Gasteiger charge is 2.28. The monoisotopic (exact) mass is 348 g/mol. The molecule has 0 aromatic heterocycles. The SMILES string of the molecule is CN1C(=O)CCN(C(=O)c2cccc(C3CCCC3)c2)c2ccccc21. The number of carbonyl (C=O) groups excluding carboxylic acids is 2. The third-order valence-corrected chi connectivity index (χ3v) is 5.66. The number of carbonyl (C=O) groups is 2. The van der Waals surface area contributed by atoms with Gasteiger partial charge < -0.3 is 9.80 Å². The molecule has 0 atom stereocenters. The van der Waals surface area contributed by atoms with Crippen LogP contribution in [0, 0.1) is 0 Å². The molecule has 1 heterocycles. The number of anilines is 2. The zero-order chi connectivity index (χ0) is 18.1. The van der Waals surface area contributed by atoms with Gasteiger partial charge in [0.05, 0.1) is 11.4 Å². The normalized spacial score (nSPS) is 18.0. The van der Waals surface area contributed by atoms with E-state index >= 15 is 0 Å². The molecule has 0 spiro atoms. The first kappa shape index (κ1) is 16.8. The Kier molecular flexibility index (Phi) is 4.49. The molecule has 2 aromatic rings. The molecule has 1 saturated carbocycles. The third-order valence-electron chi connectivity index (χ3n) is 5.66. The minimum Gasteiger partial charge on any atom is -0.313 e. The molecule has 0 saturated heterocycles. The maximum Gasteiger partial charge on any atom is 0.258 e. The number of hydrogen-bond acceptors (Lipinski definition) is 2. The Labute approximate surface area is 154 Å². The predicted octanol–water partition coefficient (Wildman–Crippen LogP) is 4.36. The van der Waals surface area contributed by atoms with Crippen LogP contribution in [0.2, 0.25) is 0 Å². The first-order valence-electron chi connectivity index (χ1n) is 9.42. The number of rotatable bonds is 2. The van der Waals surface area contributed by atoms with Crippen molar-refractivity contribution in [1.29, 1.82) is 0 Å². The van der Waals surface area contributed by atoms with Gasteiger partial charge in [-0.25, -0.2) is 0 Å². The molecule has 4 rings (SSSR count). The average molecular weight is 348 g/mol. The van der Waals surface area contributed by atoms with Crippen LogP contribution in [0.25, 0.3) is 0 Å². The molecule has 1 aliphatic carbocycles. The molecule has 2 aliphatic rings. The predicted molar refractivity (Wildman–Crippen MR) is 104 cm³/mol.